The minimum absolute atomic E-state index is 0.267. The maximum Gasteiger partial charge on any atom is 0.335 e. The highest BCUT2D eigenvalue weighted by Gasteiger charge is 2.22. The smallest absolute Gasteiger partial charge is 0.335 e. The van der Waals surface area contributed by atoms with Crippen LogP contribution in [0.15, 0.2) is 49.1 Å². The molecule has 2 N–H and O–H groups in total. The van der Waals surface area contributed by atoms with E-state index in [9.17, 15) is 15.0 Å². The Morgan fingerprint density at radius 3 is 2.33 bits per heavy atom. The Morgan fingerprint density at radius 1 is 1.15 bits per heavy atom. The van der Waals surface area contributed by atoms with Crippen LogP contribution in [0.2, 0.25) is 0 Å². The molecular weight excluding hydrogens is 340 g/mol. The summed E-state index contributed by atoms with van der Waals surface area (Å²) in [5.41, 5.74) is 5.54. The molecule has 140 valence electrons. The van der Waals surface area contributed by atoms with Gasteiger partial charge in [0.1, 0.15) is 6.10 Å². The predicted octanol–water partition coefficient (Wildman–Crippen LogP) is 4.09. The van der Waals surface area contributed by atoms with Crippen molar-refractivity contribution < 1.29 is 15.0 Å². The number of nitrogens with zero attached hydrogens (tertiary/aromatic N) is 2. The molecule has 0 bridgehead atoms. The van der Waals surface area contributed by atoms with E-state index in [2.05, 4.69) is 4.98 Å². The first-order valence-corrected chi connectivity index (χ1v) is 9.12. The number of aliphatic hydroxyl groups is 1. The molecule has 0 spiro atoms. The first-order chi connectivity index (χ1) is 13.0. The van der Waals surface area contributed by atoms with Gasteiger partial charge in [0.25, 0.3) is 0 Å². The molecule has 1 atom stereocenters. The van der Waals surface area contributed by atoms with Gasteiger partial charge in [0.15, 0.2) is 0 Å². The lowest BCUT2D eigenvalue weighted by molar-refractivity contribution is 0.0696. The van der Waals surface area contributed by atoms with E-state index >= 15 is 0 Å². The first kappa shape index (κ1) is 18.9. The van der Waals surface area contributed by atoms with E-state index in [1.165, 1.54) is 0 Å². The number of aromatic carboxylic acids is 1. The van der Waals surface area contributed by atoms with E-state index in [4.69, 9.17) is 0 Å². The van der Waals surface area contributed by atoms with Crippen molar-refractivity contribution in [2.75, 3.05) is 0 Å². The maximum atomic E-state index is 11.4. The van der Waals surface area contributed by atoms with Crippen LogP contribution in [-0.2, 0) is 12.8 Å². The molecular formula is C22H24N2O3. The van der Waals surface area contributed by atoms with Crippen molar-refractivity contribution in [3.05, 3.63) is 82.4 Å². The highest BCUT2D eigenvalue weighted by atomic mass is 16.4. The number of imidazole rings is 1. The van der Waals surface area contributed by atoms with Crippen LogP contribution in [0.4, 0.5) is 0 Å². The third-order valence-corrected chi connectivity index (χ3v) is 4.99. The maximum absolute atomic E-state index is 11.4. The Labute approximate surface area is 158 Å². The predicted molar refractivity (Wildman–Crippen MR) is 105 cm³/mol. The summed E-state index contributed by atoms with van der Waals surface area (Å²) in [6.45, 7) is 5.93. The average Bonchev–Trinajstić information content (AvgIpc) is 3.21. The topological polar surface area (TPSA) is 75.3 Å². The van der Waals surface area contributed by atoms with Gasteiger partial charge in [-0.3, -0.25) is 0 Å². The number of carboxylic acid groups (broad SMARTS) is 1. The molecule has 0 fully saturated rings. The van der Waals surface area contributed by atoms with Crippen LogP contribution in [0.1, 0.15) is 58.1 Å². The van der Waals surface area contributed by atoms with E-state index in [0.717, 1.165) is 33.5 Å². The van der Waals surface area contributed by atoms with Gasteiger partial charge in [-0.1, -0.05) is 19.9 Å². The van der Waals surface area contributed by atoms with Crippen molar-refractivity contribution in [2.24, 2.45) is 0 Å². The van der Waals surface area contributed by atoms with Crippen LogP contribution in [-0.4, -0.2) is 25.7 Å². The third kappa shape index (κ3) is 3.64. The van der Waals surface area contributed by atoms with Gasteiger partial charge >= 0.3 is 5.97 Å². The Balaban J connectivity index is 2.14. The van der Waals surface area contributed by atoms with E-state index in [-0.39, 0.29) is 5.56 Å². The zero-order valence-corrected chi connectivity index (χ0v) is 15.8. The number of benzene rings is 2. The third-order valence-electron chi connectivity index (χ3n) is 4.99. The summed E-state index contributed by atoms with van der Waals surface area (Å²) in [7, 11) is 0. The van der Waals surface area contributed by atoms with E-state index in [0.29, 0.717) is 12.8 Å². The van der Waals surface area contributed by atoms with Crippen LogP contribution in [0, 0.1) is 6.92 Å². The summed E-state index contributed by atoms with van der Waals surface area (Å²) in [4.78, 5) is 15.5. The fourth-order valence-corrected chi connectivity index (χ4v) is 3.49. The van der Waals surface area contributed by atoms with Crippen molar-refractivity contribution in [3.8, 4) is 5.69 Å². The first-order valence-electron chi connectivity index (χ1n) is 9.12. The molecule has 0 aliphatic rings. The van der Waals surface area contributed by atoms with Crippen molar-refractivity contribution >= 4 is 5.97 Å². The Hall–Kier alpha value is -2.92. The van der Waals surface area contributed by atoms with Gasteiger partial charge in [0, 0.05) is 18.1 Å². The fraction of sp³-hybridized carbons (Fsp3) is 0.273. The van der Waals surface area contributed by atoms with Crippen molar-refractivity contribution in [1.29, 1.82) is 0 Å². The van der Waals surface area contributed by atoms with E-state index in [1.807, 2.05) is 49.7 Å². The summed E-state index contributed by atoms with van der Waals surface area (Å²) in [6, 6.07) is 9.29. The zero-order valence-electron chi connectivity index (χ0n) is 15.8. The number of aromatic nitrogens is 2. The van der Waals surface area contributed by atoms with Gasteiger partial charge < -0.3 is 14.8 Å². The molecule has 1 heterocycles. The lowest BCUT2D eigenvalue weighted by Crippen LogP contribution is -2.12. The number of carbonyl (C=O) groups is 1. The molecule has 0 aliphatic heterocycles. The second-order valence-corrected chi connectivity index (χ2v) is 6.63. The number of hydrogen-bond acceptors (Lipinski definition) is 3. The van der Waals surface area contributed by atoms with Gasteiger partial charge in [-0.2, -0.15) is 0 Å². The number of hydrogen-bond donors (Lipinski definition) is 2. The van der Waals surface area contributed by atoms with Crippen molar-refractivity contribution in [1.82, 2.24) is 9.55 Å². The second kappa shape index (κ2) is 7.76. The Morgan fingerprint density at radius 2 is 1.81 bits per heavy atom. The van der Waals surface area contributed by atoms with Gasteiger partial charge in [-0.15, -0.1) is 0 Å². The lowest BCUT2D eigenvalue weighted by atomic mass is 9.87. The molecule has 27 heavy (non-hydrogen) atoms. The molecule has 3 rings (SSSR count). The molecule has 0 saturated carbocycles. The van der Waals surface area contributed by atoms with Crippen LogP contribution in [0.5, 0.6) is 0 Å². The molecule has 1 aromatic heterocycles. The second-order valence-electron chi connectivity index (χ2n) is 6.63. The summed E-state index contributed by atoms with van der Waals surface area (Å²) in [5, 5.41) is 20.7. The minimum Gasteiger partial charge on any atom is -0.478 e. The number of rotatable bonds is 6. The van der Waals surface area contributed by atoms with Crippen molar-refractivity contribution in [2.45, 2.75) is 39.7 Å². The molecule has 1 unspecified atom stereocenters. The lowest BCUT2D eigenvalue weighted by Gasteiger charge is -2.22. The van der Waals surface area contributed by atoms with Gasteiger partial charge in [-0.25, -0.2) is 9.78 Å². The van der Waals surface area contributed by atoms with Crippen LogP contribution in [0.25, 0.3) is 5.69 Å². The quantitative estimate of drug-likeness (QED) is 0.691. The number of carboxylic acids is 1. The van der Waals surface area contributed by atoms with Gasteiger partial charge in [-0.05, 0) is 71.8 Å². The number of aryl methyl sites for hydroxylation is 3. The number of aliphatic hydroxyl groups excluding tert-OH is 1. The standard InChI is InChI=1S/C22H24N2O3/c1-4-15-10-17(22(26)27)11-16(5-2)20(15)21(25)19-12-18(7-6-14(19)3)24-9-8-23-13-24/h6-13,21,25H,4-5H2,1-3H3,(H,26,27). The molecule has 5 nitrogen and oxygen atoms in total. The highest BCUT2D eigenvalue weighted by molar-refractivity contribution is 5.88. The minimum atomic E-state index is -0.946. The summed E-state index contributed by atoms with van der Waals surface area (Å²) in [6.07, 6.45) is 5.78. The van der Waals surface area contributed by atoms with Crippen LogP contribution in [0.3, 0.4) is 0 Å². The highest BCUT2D eigenvalue weighted by Crippen LogP contribution is 2.33. The molecule has 3 aromatic rings. The van der Waals surface area contributed by atoms with Crippen LogP contribution < -0.4 is 0 Å². The zero-order chi connectivity index (χ0) is 19.6. The molecule has 0 aliphatic carbocycles. The molecule has 0 saturated heterocycles. The van der Waals surface area contributed by atoms with E-state index in [1.54, 1.807) is 24.7 Å². The van der Waals surface area contributed by atoms with E-state index < -0.39 is 12.1 Å². The normalized spacial score (nSPS) is 12.1. The largest absolute Gasteiger partial charge is 0.478 e. The Kier molecular flexibility index (Phi) is 5.42. The van der Waals surface area contributed by atoms with Crippen molar-refractivity contribution in [3.63, 3.8) is 0 Å². The SMILES string of the molecule is CCc1cc(C(=O)O)cc(CC)c1C(O)c1cc(-n2ccnc2)ccc1C. The summed E-state index contributed by atoms with van der Waals surface area (Å²) in [5.74, 6) is -0.946. The Bertz CT molecular complexity index is 937. The fourth-order valence-electron chi connectivity index (χ4n) is 3.49. The monoisotopic (exact) mass is 364 g/mol. The van der Waals surface area contributed by atoms with Crippen LogP contribution >= 0.6 is 0 Å². The van der Waals surface area contributed by atoms with Gasteiger partial charge in [0.05, 0.1) is 11.9 Å². The molecule has 0 radical (unpaired) electrons. The molecule has 0 amide bonds. The summed E-state index contributed by atoms with van der Waals surface area (Å²) < 4.78 is 1.89. The average molecular weight is 364 g/mol. The molecule has 2 aromatic carbocycles. The molecule has 5 heteroatoms. The summed E-state index contributed by atoms with van der Waals surface area (Å²) >= 11 is 0. The van der Waals surface area contributed by atoms with Gasteiger partial charge in [0.2, 0.25) is 0 Å².